The fourth-order valence-corrected chi connectivity index (χ4v) is 4.99. The number of ether oxygens (including phenoxy) is 4. The Balaban J connectivity index is 0.000000345. The molecular formula is C31H38N2O11. The number of carboxylic acids is 3. The van der Waals surface area contributed by atoms with E-state index >= 15 is 0 Å². The third kappa shape index (κ3) is 9.27. The Labute approximate surface area is 254 Å². The molecule has 2 aromatic carbocycles. The molecule has 0 spiro atoms. The fourth-order valence-electron chi connectivity index (χ4n) is 4.99. The van der Waals surface area contributed by atoms with Gasteiger partial charge >= 0.3 is 17.9 Å². The predicted octanol–water partition coefficient (Wildman–Crippen LogP) is 3.19. The maximum absolute atomic E-state index is 10.3. The number of pyridine rings is 1. The van der Waals surface area contributed by atoms with E-state index in [0.29, 0.717) is 23.8 Å². The first-order chi connectivity index (χ1) is 21.0. The number of aromatic nitrogens is 1. The Bertz CT molecular complexity index is 1420. The molecule has 0 saturated carbocycles. The first-order valence-electron chi connectivity index (χ1n) is 13.8. The number of carbonyl (C=O) groups is 3. The van der Waals surface area contributed by atoms with Gasteiger partial charge in [-0.05, 0) is 42.7 Å². The van der Waals surface area contributed by atoms with Gasteiger partial charge in [-0.25, -0.2) is 4.79 Å². The molecule has 1 aromatic heterocycles. The molecule has 1 aliphatic heterocycles. The quantitative estimate of drug-likeness (QED) is 0.208. The normalized spacial score (nSPS) is 14.5. The second-order valence-corrected chi connectivity index (χ2v) is 10.3. The Morgan fingerprint density at radius 2 is 1.66 bits per heavy atom. The van der Waals surface area contributed by atoms with Gasteiger partial charge in [0.25, 0.3) is 0 Å². The lowest BCUT2D eigenvalue weighted by Gasteiger charge is -2.27. The average molecular weight is 615 g/mol. The van der Waals surface area contributed by atoms with Gasteiger partial charge in [-0.3, -0.25) is 19.5 Å². The van der Waals surface area contributed by atoms with Gasteiger partial charge in [0.15, 0.2) is 17.1 Å². The summed E-state index contributed by atoms with van der Waals surface area (Å²) >= 11 is 0. The summed E-state index contributed by atoms with van der Waals surface area (Å²) in [5, 5.41) is 35.0. The number of hydrogen-bond acceptors (Lipinski definition) is 10. The van der Waals surface area contributed by atoms with Crippen LogP contribution in [-0.4, -0.2) is 94.4 Å². The molecule has 4 rings (SSSR count). The van der Waals surface area contributed by atoms with Crippen LogP contribution in [0, 0.1) is 0 Å². The molecule has 1 atom stereocenters. The highest BCUT2D eigenvalue weighted by molar-refractivity contribution is 5.88. The monoisotopic (exact) mass is 614 g/mol. The van der Waals surface area contributed by atoms with E-state index in [4.69, 9.17) is 39.4 Å². The third-order valence-electron chi connectivity index (χ3n) is 7.02. The van der Waals surface area contributed by atoms with Crippen molar-refractivity contribution in [3.8, 4) is 17.2 Å². The van der Waals surface area contributed by atoms with Crippen LogP contribution in [0.2, 0.25) is 0 Å². The van der Waals surface area contributed by atoms with Crippen molar-refractivity contribution < 1.29 is 53.8 Å². The standard InChI is InChI=1S/C25H30N2O4.C6H8O7/c1-28-23-11-9-20(24(29-2)25(23)30-3)16-27(17-21-7-5-13-31-21)15-18-8-10-22-19(14-18)6-4-12-26-22;7-3(8)1-6(13,5(11)12)2-4(9)10/h4,6,8-12,14,21H,5,7,13,15-17H2,1-3H3;13H,1-2H2,(H,7,8)(H,9,10)(H,11,12). The Hall–Kier alpha value is -4.46. The van der Waals surface area contributed by atoms with Gasteiger partial charge < -0.3 is 39.4 Å². The summed E-state index contributed by atoms with van der Waals surface area (Å²) in [7, 11) is 4.94. The van der Waals surface area contributed by atoms with Crippen LogP contribution < -0.4 is 14.2 Å². The minimum Gasteiger partial charge on any atom is -0.493 e. The van der Waals surface area contributed by atoms with Crippen LogP contribution in [0.4, 0.5) is 0 Å². The number of fused-ring (bicyclic) bond motifs is 1. The van der Waals surface area contributed by atoms with Crippen LogP contribution in [0.1, 0.15) is 36.8 Å². The lowest BCUT2D eigenvalue weighted by atomic mass is 9.96. The van der Waals surface area contributed by atoms with Gasteiger partial charge in [-0.1, -0.05) is 18.2 Å². The zero-order valence-corrected chi connectivity index (χ0v) is 24.9. The van der Waals surface area contributed by atoms with Crippen LogP contribution in [0.25, 0.3) is 10.9 Å². The van der Waals surface area contributed by atoms with E-state index in [1.54, 1.807) is 21.3 Å². The van der Waals surface area contributed by atoms with E-state index in [2.05, 4.69) is 34.1 Å². The summed E-state index contributed by atoms with van der Waals surface area (Å²) in [5.74, 6) is -3.02. The summed E-state index contributed by atoms with van der Waals surface area (Å²) in [5.41, 5.74) is 0.578. The zero-order valence-electron chi connectivity index (χ0n) is 24.9. The van der Waals surface area contributed by atoms with Crippen molar-refractivity contribution in [1.29, 1.82) is 0 Å². The van der Waals surface area contributed by atoms with Crippen molar-refractivity contribution in [3.05, 3.63) is 59.8 Å². The Kier molecular flexibility index (Phi) is 12.3. The lowest BCUT2D eigenvalue weighted by molar-refractivity contribution is -0.170. The molecular weight excluding hydrogens is 576 g/mol. The number of benzene rings is 2. The van der Waals surface area contributed by atoms with Crippen LogP contribution in [0.5, 0.6) is 17.2 Å². The van der Waals surface area contributed by atoms with Crippen LogP contribution in [0.15, 0.2) is 48.7 Å². The van der Waals surface area contributed by atoms with Gasteiger partial charge in [-0.15, -0.1) is 0 Å². The van der Waals surface area contributed by atoms with Gasteiger partial charge in [0, 0.05) is 43.4 Å². The van der Waals surface area contributed by atoms with Crippen molar-refractivity contribution in [1.82, 2.24) is 9.88 Å². The number of hydrogen-bond donors (Lipinski definition) is 4. The van der Waals surface area contributed by atoms with Crippen LogP contribution in [-0.2, 0) is 32.2 Å². The van der Waals surface area contributed by atoms with Gasteiger partial charge in [-0.2, -0.15) is 0 Å². The van der Waals surface area contributed by atoms with E-state index in [0.717, 1.165) is 49.0 Å². The van der Waals surface area contributed by atoms with Crippen LogP contribution in [0.3, 0.4) is 0 Å². The molecule has 1 aliphatic rings. The number of aliphatic carboxylic acids is 3. The zero-order chi connectivity index (χ0) is 32.3. The highest BCUT2D eigenvalue weighted by atomic mass is 16.5. The second kappa shape index (κ2) is 15.8. The minimum absolute atomic E-state index is 0.258. The Morgan fingerprint density at radius 3 is 2.23 bits per heavy atom. The number of methoxy groups -OCH3 is 3. The summed E-state index contributed by atoms with van der Waals surface area (Å²) in [6, 6.07) is 14.5. The molecule has 1 saturated heterocycles. The highest BCUT2D eigenvalue weighted by Crippen LogP contribution is 2.40. The lowest BCUT2D eigenvalue weighted by Crippen LogP contribution is -2.42. The molecule has 0 radical (unpaired) electrons. The van der Waals surface area contributed by atoms with Crippen LogP contribution >= 0.6 is 0 Å². The molecule has 1 unspecified atom stereocenters. The topological polar surface area (TPSA) is 185 Å². The number of aliphatic hydroxyl groups is 1. The van der Waals surface area contributed by atoms with Gasteiger partial charge in [0.1, 0.15) is 0 Å². The van der Waals surface area contributed by atoms with Crippen molar-refractivity contribution in [2.45, 2.75) is 50.5 Å². The average Bonchev–Trinajstić information content (AvgIpc) is 3.49. The van der Waals surface area contributed by atoms with Gasteiger partial charge in [0.05, 0.1) is 45.8 Å². The molecule has 13 heteroatoms. The first kappa shape index (κ1) is 34.0. The van der Waals surface area contributed by atoms with Crippen molar-refractivity contribution >= 4 is 28.8 Å². The summed E-state index contributed by atoms with van der Waals surface area (Å²) in [4.78, 5) is 37.3. The maximum atomic E-state index is 10.3. The largest absolute Gasteiger partial charge is 0.493 e. The number of carboxylic acid groups (broad SMARTS) is 3. The van der Waals surface area contributed by atoms with E-state index in [1.165, 1.54) is 5.56 Å². The van der Waals surface area contributed by atoms with E-state index in [-0.39, 0.29) is 6.10 Å². The molecule has 13 nitrogen and oxygen atoms in total. The minimum atomic E-state index is -2.74. The molecule has 1 fully saturated rings. The van der Waals surface area contributed by atoms with Crippen molar-refractivity contribution in [3.63, 3.8) is 0 Å². The van der Waals surface area contributed by atoms with E-state index in [9.17, 15) is 14.4 Å². The molecule has 2 heterocycles. The second-order valence-electron chi connectivity index (χ2n) is 10.3. The highest BCUT2D eigenvalue weighted by Gasteiger charge is 2.40. The molecule has 4 N–H and O–H groups in total. The molecule has 3 aromatic rings. The number of rotatable bonds is 14. The van der Waals surface area contributed by atoms with E-state index < -0.39 is 36.4 Å². The summed E-state index contributed by atoms with van der Waals surface area (Å²) in [6.07, 6.45) is 2.02. The summed E-state index contributed by atoms with van der Waals surface area (Å²) < 4.78 is 22.7. The number of nitrogens with zero attached hydrogens (tertiary/aromatic N) is 2. The molecule has 0 amide bonds. The summed E-state index contributed by atoms with van der Waals surface area (Å²) in [6.45, 7) is 3.24. The first-order valence-corrected chi connectivity index (χ1v) is 13.8. The molecule has 44 heavy (non-hydrogen) atoms. The van der Waals surface area contributed by atoms with Crippen molar-refractivity contribution in [2.75, 3.05) is 34.5 Å². The van der Waals surface area contributed by atoms with E-state index in [1.807, 2.05) is 24.4 Å². The molecule has 0 aliphatic carbocycles. The SMILES string of the molecule is COc1ccc(CN(Cc2ccc3ncccc3c2)CC2CCCO2)c(OC)c1OC.O=C(O)CC(O)(CC(=O)O)C(=O)O. The maximum Gasteiger partial charge on any atom is 0.336 e. The predicted molar refractivity (Wildman–Crippen MR) is 158 cm³/mol. The van der Waals surface area contributed by atoms with Crippen molar-refractivity contribution in [2.24, 2.45) is 0 Å². The third-order valence-corrected chi connectivity index (χ3v) is 7.02. The fraction of sp³-hybridized carbons (Fsp3) is 0.419. The van der Waals surface area contributed by atoms with Gasteiger partial charge in [0.2, 0.25) is 5.75 Å². The Morgan fingerprint density at radius 1 is 0.955 bits per heavy atom. The molecule has 0 bridgehead atoms. The molecule has 238 valence electrons. The smallest absolute Gasteiger partial charge is 0.336 e.